The molecule has 0 fully saturated rings. The molecule has 0 bridgehead atoms. The summed E-state index contributed by atoms with van der Waals surface area (Å²) in [6, 6.07) is 142. The zero-order chi connectivity index (χ0) is 99.1. The van der Waals surface area contributed by atoms with E-state index in [1.54, 1.807) is 0 Å². The number of rotatable bonds is 15. The van der Waals surface area contributed by atoms with Gasteiger partial charge in [0.25, 0.3) is 0 Å². The molecular weight excluding hydrogens is 1840 g/mol. The molecule has 0 spiro atoms. The molecule has 702 valence electrons. The quantitative estimate of drug-likeness (QED) is 0.0947. The number of pyridine rings is 12. The minimum absolute atomic E-state index is 0.830. The first kappa shape index (κ1) is 87.1. The van der Waals surface area contributed by atoms with E-state index in [9.17, 15) is 0 Å². The Kier molecular flexibility index (Phi) is 21.4. The van der Waals surface area contributed by atoms with E-state index in [0.717, 1.165) is 218 Å². The molecule has 0 N–H and O–H groups in total. The summed E-state index contributed by atoms with van der Waals surface area (Å²) in [5.41, 5.74) is 38.9. The molecule has 0 unspecified atom stereocenters. The van der Waals surface area contributed by atoms with Crippen LogP contribution in [0, 0.1) is 0 Å². The fourth-order valence-electron chi connectivity index (χ4n) is 21.8. The Morgan fingerprint density at radius 3 is 0.607 bits per heavy atom. The van der Waals surface area contributed by atoms with Gasteiger partial charge in [-0.3, -0.25) is 59.8 Å². The van der Waals surface area contributed by atoms with Crippen molar-refractivity contribution in [1.82, 2.24) is 87.2 Å². The van der Waals surface area contributed by atoms with Crippen molar-refractivity contribution in [3.05, 3.63) is 512 Å². The van der Waals surface area contributed by atoms with Gasteiger partial charge in [0.05, 0.1) is 131 Å². The van der Waals surface area contributed by atoms with Gasteiger partial charge in [-0.2, -0.15) is 0 Å². The molecule has 0 aliphatic rings. The first-order chi connectivity index (χ1) is 74.4. The fourth-order valence-corrected chi connectivity index (χ4v) is 21.8. The minimum Gasteiger partial charge on any atom is -0.309 e. The lowest BCUT2D eigenvalue weighted by Gasteiger charge is -2.11. The molecule has 150 heavy (non-hydrogen) atoms. The highest BCUT2D eigenvalue weighted by atomic mass is 15.0. The van der Waals surface area contributed by atoms with Crippen LogP contribution in [0.5, 0.6) is 0 Å². The van der Waals surface area contributed by atoms with Gasteiger partial charge in [0.1, 0.15) is 0 Å². The average Bonchev–Trinajstić information content (AvgIpc) is 1.61. The number of hydrogen-bond acceptors (Lipinski definition) is 12. The number of fused-ring (bicyclic) bond motifs is 18. The molecule has 18 heterocycles. The van der Waals surface area contributed by atoms with E-state index in [2.05, 4.69) is 416 Å². The predicted octanol–water partition coefficient (Wildman–Crippen LogP) is 31.4. The Labute approximate surface area is 859 Å². The predicted molar refractivity (Wildman–Crippen MR) is 608 cm³/mol. The number of aromatic nitrogens is 18. The van der Waals surface area contributed by atoms with Crippen LogP contribution < -0.4 is 0 Å². The van der Waals surface area contributed by atoms with Gasteiger partial charge < -0.3 is 27.4 Å². The highest BCUT2D eigenvalue weighted by Crippen LogP contribution is 2.43. The summed E-state index contributed by atoms with van der Waals surface area (Å²) in [5, 5.41) is 13.1. The monoisotopic (exact) mass is 1920 g/mol. The topological polar surface area (TPSA) is 184 Å². The summed E-state index contributed by atoms with van der Waals surface area (Å²) in [5.74, 6) is 0. The number of para-hydroxylation sites is 6. The van der Waals surface area contributed by atoms with Crippen LogP contribution >= 0.6 is 0 Å². The maximum Gasteiger partial charge on any atom is 0.0963 e. The zero-order valence-corrected chi connectivity index (χ0v) is 80.5. The van der Waals surface area contributed by atoms with Crippen LogP contribution in [0.1, 0.15) is 0 Å². The third kappa shape index (κ3) is 15.4. The van der Waals surface area contributed by atoms with E-state index in [-0.39, 0.29) is 0 Å². The molecule has 0 amide bonds. The summed E-state index contributed by atoms with van der Waals surface area (Å²) < 4.78 is 13.7. The molecular formula is C132H84N18. The largest absolute Gasteiger partial charge is 0.309 e. The molecule has 18 nitrogen and oxygen atoms in total. The molecule has 0 saturated heterocycles. The summed E-state index contributed by atoms with van der Waals surface area (Å²) in [6.45, 7) is 0. The van der Waals surface area contributed by atoms with Gasteiger partial charge >= 0.3 is 0 Å². The van der Waals surface area contributed by atoms with Gasteiger partial charge in [-0.05, 0) is 221 Å². The van der Waals surface area contributed by atoms with Crippen molar-refractivity contribution in [2.75, 3.05) is 0 Å². The van der Waals surface area contributed by atoms with Crippen LogP contribution in [0.4, 0.5) is 0 Å². The van der Waals surface area contributed by atoms with Gasteiger partial charge in [-0.25, -0.2) is 0 Å². The highest BCUT2D eigenvalue weighted by Gasteiger charge is 2.23. The Hall–Kier alpha value is -20.8. The summed E-state index contributed by atoms with van der Waals surface area (Å²) >= 11 is 0. The Balaban J connectivity index is 0.000000108. The van der Waals surface area contributed by atoms with Crippen molar-refractivity contribution >= 4 is 131 Å². The van der Waals surface area contributed by atoms with Crippen LogP contribution in [-0.2, 0) is 0 Å². The van der Waals surface area contributed by atoms with E-state index in [0.29, 0.717) is 0 Å². The second-order valence-corrected chi connectivity index (χ2v) is 37.3. The van der Waals surface area contributed by atoms with E-state index < -0.39 is 0 Å². The Bertz CT molecular complexity index is 8620. The van der Waals surface area contributed by atoms with Crippen LogP contribution in [0.3, 0.4) is 0 Å². The van der Waals surface area contributed by atoms with Crippen molar-refractivity contribution < 1.29 is 0 Å². The average molecular weight is 1920 g/mol. The van der Waals surface area contributed by atoms with Crippen molar-refractivity contribution in [3.63, 3.8) is 0 Å². The molecule has 0 atom stereocenters. The number of nitrogens with zero attached hydrogens (tertiary/aromatic N) is 18. The van der Waals surface area contributed by atoms with Crippen LogP contribution in [-0.4, -0.2) is 87.2 Å². The standard InChI is InChI=1S/3C44H28N6/c1-3-14-40-35(12-1)36-21-23-45-28-43(36)50(40)34-11-6-9-30(25-34)32-18-20-39(48-27-32)38-19-17-31(26-47-38)29-8-5-10-33(24-29)49-41-15-4-2-13-37(41)44-42(49)16-7-22-46-44;1-3-13-41-35(11-1)37-19-21-46-28-44(37)50(41)34-10-6-8-30(24-34)32-16-18-40(48-26-32)39-17-15-31(25-47-39)29-7-5-9-33(23-29)49-42-14-4-2-12-36(42)38-27-45-22-20-43(38)49;1-3-13-41-35(11-1)37-19-21-45-27-43(37)49(41)33-9-5-7-29(23-33)31-15-17-39(47-25-31)40-18-16-32(26-48-40)30-8-6-10-34(24-30)50-42-14-4-2-12-36(42)38-20-22-46-28-44(38)50/h3*1-28H. The smallest absolute Gasteiger partial charge is 0.0963 e. The molecule has 18 aromatic heterocycles. The molecule has 0 aliphatic carbocycles. The van der Waals surface area contributed by atoms with E-state index in [4.69, 9.17) is 34.9 Å². The first-order valence-corrected chi connectivity index (χ1v) is 49.8. The van der Waals surface area contributed by atoms with Gasteiger partial charge in [0.15, 0.2) is 0 Å². The van der Waals surface area contributed by atoms with Gasteiger partial charge in [-0.15, -0.1) is 0 Å². The normalized spacial score (nSPS) is 11.6. The lowest BCUT2D eigenvalue weighted by molar-refractivity contribution is 1.16. The molecule has 0 aliphatic heterocycles. The second kappa shape index (κ2) is 36.9. The lowest BCUT2D eigenvalue weighted by atomic mass is 10.0. The molecule has 0 saturated carbocycles. The SMILES string of the molecule is c1cc(-c2ccc(-c3ccc(-c4cccc(-n5c6ccccc6c6ccncc65)c4)cn3)nc2)cc(-n2c3ccccc3c3ccncc32)c1.c1cc(-c2ccc(-c3ccc(-c4cccc(-n5c6ccccc6c6ccncc65)c4)cn3)nc2)cc(-n2c3ccccc3c3cnccc32)c1.c1cc(-c2ccc(-c3ccc(-c4cccc(-n5c6ccccc6c6ncccc65)c4)cn3)nc2)cc(-n2c3ccccc3c3ccncc32)c1. The van der Waals surface area contributed by atoms with Crippen LogP contribution in [0.2, 0.25) is 0 Å². The first-order valence-electron chi connectivity index (χ1n) is 49.8. The third-order valence-electron chi connectivity index (χ3n) is 28.8. The van der Waals surface area contributed by atoms with Gasteiger partial charge in [0, 0.05) is 207 Å². The minimum atomic E-state index is 0.830. The van der Waals surface area contributed by atoms with E-state index in [1.165, 1.54) is 48.5 Å². The fraction of sp³-hybridized carbons (Fsp3) is 0. The van der Waals surface area contributed by atoms with Crippen LogP contribution in [0.15, 0.2) is 512 Å². The summed E-state index contributed by atoms with van der Waals surface area (Å²) in [7, 11) is 0. The Morgan fingerprint density at radius 1 is 0.120 bits per heavy atom. The Morgan fingerprint density at radius 2 is 0.333 bits per heavy atom. The highest BCUT2D eigenvalue weighted by molar-refractivity contribution is 6.14. The molecule has 0 radical (unpaired) electrons. The van der Waals surface area contributed by atoms with Crippen molar-refractivity contribution in [2.24, 2.45) is 0 Å². The van der Waals surface area contributed by atoms with Crippen molar-refractivity contribution in [3.8, 4) is 135 Å². The molecule has 30 rings (SSSR count). The number of hydrogen-bond donors (Lipinski definition) is 0. The third-order valence-corrected chi connectivity index (χ3v) is 28.8. The molecule has 18 heteroatoms. The maximum atomic E-state index is 4.84. The van der Waals surface area contributed by atoms with Crippen LogP contribution in [0.25, 0.3) is 266 Å². The molecule has 12 aromatic carbocycles. The van der Waals surface area contributed by atoms with E-state index >= 15 is 0 Å². The van der Waals surface area contributed by atoms with Gasteiger partial charge in [-0.1, -0.05) is 218 Å². The second-order valence-electron chi connectivity index (χ2n) is 37.3. The summed E-state index contributed by atoms with van der Waals surface area (Å²) in [4.78, 5) is 55.8. The lowest BCUT2D eigenvalue weighted by Crippen LogP contribution is -1.95. The number of benzene rings is 12. The van der Waals surface area contributed by atoms with Crippen molar-refractivity contribution in [2.45, 2.75) is 0 Å². The maximum absolute atomic E-state index is 4.84. The summed E-state index contributed by atoms with van der Waals surface area (Å²) in [6.07, 6.45) is 32.4. The molecule has 30 aromatic rings. The zero-order valence-electron chi connectivity index (χ0n) is 80.5. The van der Waals surface area contributed by atoms with E-state index in [1.807, 2.05) is 148 Å². The van der Waals surface area contributed by atoms with Gasteiger partial charge in [0.2, 0.25) is 0 Å². The van der Waals surface area contributed by atoms with Crippen molar-refractivity contribution in [1.29, 1.82) is 0 Å².